The predicted molar refractivity (Wildman–Crippen MR) is 141 cm³/mol. The largest absolute Gasteiger partial charge is 0.337 e. The molecule has 1 heterocycles. The molecule has 0 radical (unpaired) electrons. The number of allylic oxidation sites excluding steroid dienone is 1. The van der Waals surface area contributed by atoms with Crippen molar-refractivity contribution in [1.82, 2.24) is 14.1 Å². The van der Waals surface area contributed by atoms with E-state index in [0.717, 1.165) is 38.3 Å². The summed E-state index contributed by atoms with van der Waals surface area (Å²) in [7, 11) is -3.51. The normalized spacial score (nSPS) is 24.5. The van der Waals surface area contributed by atoms with Crippen molar-refractivity contribution in [2.75, 3.05) is 45.8 Å². The van der Waals surface area contributed by atoms with Gasteiger partial charge in [-0.3, -0.25) is 9.69 Å². The second kappa shape index (κ2) is 10.9. The number of piperazine rings is 1. The molecule has 0 N–H and O–H groups in total. The van der Waals surface area contributed by atoms with E-state index in [-0.39, 0.29) is 10.8 Å². The van der Waals surface area contributed by atoms with Gasteiger partial charge in [-0.2, -0.15) is 4.31 Å². The summed E-state index contributed by atoms with van der Waals surface area (Å²) < 4.78 is 27.5. The molecule has 8 heteroatoms. The van der Waals surface area contributed by atoms with Gasteiger partial charge in [-0.05, 0) is 60.8 Å². The van der Waals surface area contributed by atoms with E-state index < -0.39 is 10.0 Å². The average molecular weight is 522 g/mol. The summed E-state index contributed by atoms with van der Waals surface area (Å²) in [5.41, 5.74) is 1.80. The summed E-state index contributed by atoms with van der Waals surface area (Å²) in [6.45, 7) is 11.3. The number of hydrogen-bond donors (Lipinski definition) is 0. The monoisotopic (exact) mass is 521 g/mol. The van der Waals surface area contributed by atoms with E-state index in [9.17, 15) is 13.2 Å². The van der Waals surface area contributed by atoms with Gasteiger partial charge in [-0.25, -0.2) is 8.42 Å². The standard InChI is InChI=1S/C27H40ClN3O3S/c1-4-5-6-26(32)30(20-21-7-8-22-19-25(21)27(22,2)3)16-13-29-14-17-31(18-15-29)35(33,34)24-11-9-23(28)10-12-24/h7,9-12,22,25H,4-6,8,13-20H2,1-3H3. The zero-order valence-electron chi connectivity index (χ0n) is 21.4. The van der Waals surface area contributed by atoms with Gasteiger partial charge in [0.05, 0.1) is 4.90 Å². The summed E-state index contributed by atoms with van der Waals surface area (Å²) >= 11 is 5.92. The fourth-order valence-electron chi connectivity index (χ4n) is 5.87. The zero-order valence-corrected chi connectivity index (χ0v) is 23.0. The van der Waals surface area contributed by atoms with Gasteiger partial charge in [0.1, 0.15) is 0 Å². The summed E-state index contributed by atoms with van der Waals surface area (Å²) in [5.74, 6) is 1.64. The molecule has 1 aromatic carbocycles. The van der Waals surface area contributed by atoms with Gasteiger partial charge in [0.25, 0.3) is 0 Å². The maximum atomic E-state index is 13.1. The third-order valence-corrected chi connectivity index (χ3v) is 10.7. The van der Waals surface area contributed by atoms with Gasteiger partial charge >= 0.3 is 0 Å². The lowest BCUT2D eigenvalue weighted by Crippen LogP contribution is -2.52. The molecule has 1 saturated heterocycles. The number of hydrogen-bond acceptors (Lipinski definition) is 4. The van der Waals surface area contributed by atoms with Gasteiger partial charge in [-0.1, -0.05) is 50.4 Å². The molecule has 1 saturated carbocycles. The van der Waals surface area contributed by atoms with Crippen molar-refractivity contribution in [3.8, 4) is 0 Å². The Hall–Kier alpha value is -1.41. The van der Waals surface area contributed by atoms with Crippen LogP contribution < -0.4 is 0 Å². The smallest absolute Gasteiger partial charge is 0.243 e. The fourth-order valence-corrected chi connectivity index (χ4v) is 7.41. The van der Waals surface area contributed by atoms with Crippen molar-refractivity contribution in [2.45, 2.75) is 57.8 Å². The molecule has 194 valence electrons. The first-order valence-electron chi connectivity index (χ1n) is 13.1. The lowest BCUT2D eigenvalue weighted by atomic mass is 9.49. The quantitative estimate of drug-likeness (QED) is 0.420. The Balaban J connectivity index is 1.33. The minimum absolute atomic E-state index is 0.246. The molecule has 2 atom stereocenters. The summed E-state index contributed by atoms with van der Waals surface area (Å²) in [6.07, 6.45) is 7.34. The van der Waals surface area contributed by atoms with Gasteiger partial charge in [0, 0.05) is 57.3 Å². The molecule has 0 aromatic heterocycles. The highest BCUT2D eigenvalue weighted by molar-refractivity contribution is 7.89. The molecule has 2 fully saturated rings. The average Bonchev–Trinajstić information content (AvgIpc) is 2.85. The van der Waals surface area contributed by atoms with Crippen LogP contribution in [0.5, 0.6) is 0 Å². The molecule has 4 aliphatic rings. The Morgan fingerprint density at radius 1 is 1.14 bits per heavy atom. The highest BCUT2D eigenvalue weighted by atomic mass is 35.5. The van der Waals surface area contributed by atoms with Crippen LogP contribution in [0.2, 0.25) is 5.02 Å². The number of nitrogens with zero attached hydrogens (tertiary/aromatic N) is 3. The number of carbonyl (C=O) groups excluding carboxylic acids is 1. The molecule has 0 spiro atoms. The fraction of sp³-hybridized carbons (Fsp3) is 0.667. The third kappa shape index (κ3) is 5.79. The Labute approximate surface area is 216 Å². The van der Waals surface area contributed by atoms with Gasteiger partial charge in [-0.15, -0.1) is 0 Å². The lowest BCUT2D eigenvalue weighted by molar-refractivity contribution is -0.131. The summed E-state index contributed by atoms with van der Waals surface area (Å²) in [4.78, 5) is 17.7. The van der Waals surface area contributed by atoms with Crippen molar-refractivity contribution < 1.29 is 13.2 Å². The summed E-state index contributed by atoms with van der Waals surface area (Å²) in [6, 6.07) is 6.35. The number of rotatable bonds is 10. The van der Waals surface area contributed by atoms with Crippen LogP contribution in [0.3, 0.4) is 0 Å². The topological polar surface area (TPSA) is 60.9 Å². The van der Waals surface area contributed by atoms with E-state index in [0.29, 0.717) is 55.5 Å². The van der Waals surface area contributed by atoms with Crippen LogP contribution in [0.25, 0.3) is 0 Å². The van der Waals surface area contributed by atoms with E-state index in [1.54, 1.807) is 28.6 Å². The van der Waals surface area contributed by atoms with E-state index >= 15 is 0 Å². The number of fused-ring (bicyclic) bond motifs is 1. The van der Waals surface area contributed by atoms with Crippen molar-refractivity contribution in [3.05, 3.63) is 40.9 Å². The van der Waals surface area contributed by atoms with E-state index in [1.807, 2.05) is 0 Å². The second-order valence-electron chi connectivity index (χ2n) is 10.9. The molecule has 3 aliphatic carbocycles. The van der Waals surface area contributed by atoms with E-state index in [2.05, 4.69) is 36.6 Å². The first-order valence-corrected chi connectivity index (χ1v) is 14.9. The van der Waals surface area contributed by atoms with Gasteiger partial charge < -0.3 is 4.90 Å². The minimum Gasteiger partial charge on any atom is -0.337 e. The number of unbranched alkanes of at least 4 members (excludes halogenated alkanes) is 1. The molecule has 2 bridgehead atoms. The number of amides is 1. The van der Waals surface area contributed by atoms with Gasteiger partial charge in [0.15, 0.2) is 0 Å². The molecule has 2 unspecified atom stereocenters. The van der Waals surface area contributed by atoms with Crippen LogP contribution in [0.15, 0.2) is 40.8 Å². The Kier molecular flexibility index (Phi) is 8.31. The van der Waals surface area contributed by atoms with Crippen LogP contribution in [0, 0.1) is 17.3 Å². The molecule has 35 heavy (non-hydrogen) atoms. The predicted octanol–water partition coefficient (Wildman–Crippen LogP) is 4.66. The molecule has 1 aromatic rings. The summed E-state index contributed by atoms with van der Waals surface area (Å²) in [5, 5.41) is 0.525. The van der Waals surface area contributed by atoms with Crippen molar-refractivity contribution in [2.24, 2.45) is 17.3 Å². The number of benzene rings is 1. The van der Waals surface area contributed by atoms with Crippen LogP contribution in [-0.2, 0) is 14.8 Å². The molecular weight excluding hydrogens is 482 g/mol. The Morgan fingerprint density at radius 3 is 2.43 bits per heavy atom. The SMILES string of the molecule is CCCCC(=O)N(CCN1CCN(S(=O)(=O)c2ccc(Cl)cc2)CC1)CC1=CCC2CC1C2(C)C. The number of sulfonamides is 1. The minimum atomic E-state index is -3.51. The molecule has 1 amide bonds. The van der Waals surface area contributed by atoms with Crippen LogP contribution in [-0.4, -0.2) is 74.2 Å². The molecular formula is C27H40ClN3O3S. The second-order valence-corrected chi connectivity index (χ2v) is 13.3. The number of carbonyl (C=O) groups is 1. The zero-order chi connectivity index (χ0) is 25.2. The molecule has 5 rings (SSSR count). The maximum absolute atomic E-state index is 13.1. The molecule has 6 nitrogen and oxygen atoms in total. The first-order chi connectivity index (χ1) is 16.6. The number of halogens is 1. The first kappa shape index (κ1) is 26.6. The van der Waals surface area contributed by atoms with E-state index in [1.165, 1.54) is 12.0 Å². The van der Waals surface area contributed by atoms with E-state index in [4.69, 9.17) is 11.6 Å². The van der Waals surface area contributed by atoms with Crippen molar-refractivity contribution in [1.29, 1.82) is 0 Å². The van der Waals surface area contributed by atoms with Crippen LogP contribution in [0.4, 0.5) is 0 Å². The van der Waals surface area contributed by atoms with Crippen molar-refractivity contribution >= 4 is 27.5 Å². The molecule has 1 aliphatic heterocycles. The third-order valence-electron chi connectivity index (χ3n) is 8.52. The van der Waals surface area contributed by atoms with Crippen LogP contribution >= 0.6 is 11.6 Å². The highest BCUT2D eigenvalue weighted by Crippen LogP contribution is 2.59. The Bertz CT molecular complexity index is 1030. The Morgan fingerprint density at radius 2 is 1.83 bits per heavy atom. The maximum Gasteiger partial charge on any atom is 0.243 e. The van der Waals surface area contributed by atoms with Gasteiger partial charge in [0.2, 0.25) is 15.9 Å². The lowest BCUT2D eigenvalue weighted by Gasteiger charge is -2.57. The highest BCUT2D eigenvalue weighted by Gasteiger charge is 2.51. The van der Waals surface area contributed by atoms with Crippen molar-refractivity contribution in [3.63, 3.8) is 0 Å². The van der Waals surface area contributed by atoms with Crippen LogP contribution in [0.1, 0.15) is 52.9 Å².